The molecule has 0 spiro atoms. The van der Waals surface area contributed by atoms with E-state index in [0.29, 0.717) is 6.42 Å². The van der Waals surface area contributed by atoms with E-state index in [9.17, 15) is 14.4 Å². The van der Waals surface area contributed by atoms with Crippen LogP contribution in [0.5, 0.6) is 0 Å². The fraction of sp³-hybridized carbons (Fsp3) is 0.545. The summed E-state index contributed by atoms with van der Waals surface area (Å²) in [6, 6.07) is 0. The van der Waals surface area contributed by atoms with Gasteiger partial charge in [0.05, 0.1) is 0 Å². The van der Waals surface area contributed by atoms with Gasteiger partial charge in [-0.3, -0.25) is 14.9 Å². The molecule has 5 nitrogen and oxygen atoms in total. The number of nitrogens with one attached hydrogen (secondary N) is 1. The van der Waals surface area contributed by atoms with Gasteiger partial charge in [0.15, 0.2) is 0 Å². The number of amides is 2. The van der Waals surface area contributed by atoms with E-state index in [0.717, 1.165) is 25.3 Å². The molecule has 0 saturated carbocycles. The first kappa shape index (κ1) is 14.3. The summed E-state index contributed by atoms with van der Waals surface area (Å²) in [5.41, 5.74) is 0. The summed E-state index contributed by atoms with van der Waals surface area (Å²) in [6.45, 7) is 5.04. The Kier molecular flexibility index (Phi) is 6.83. The molecule has 5 heteroatoms. The van der Waals surface area contributed by atoms with Crippen molar-refractivity contribution in [2.75, 3.05) is 0 Å². The van der Waals surface area contributed by atoms with Gasteiger partial charge in [-0.15, -0.1) is 0 Å². The zero-order chi connectivity index (χ0) is 12.6. The highest BCUT2D eigenvalue weighted by Crippen LogP contribution is 2.17. The van der Waals surface area contributed by atoms with Gasteiger partial charge in [-0.25, -0.2) is 4.79 Å². The standard InChI is InChI=1S/C8H13NO2.C3H4O2/c1-2-3-4-6-5-7(10)9-8(6)11;1-2-3(4)5/h6H,2-5H2,1H3,(H,9,10,11);2H,1H2,(H,4,5). The minimum absolute atomic E-state index is 0.0394. The molecule has 1 atom stereocenters. The van der Waals surface area contributed by atoms with Crippen LogP contribution in [0, 0.1) is 5.92 Å². The van der Waals surface area contributed by atoms with Gasteiger partial charge in [0.25, 0.3) is 0 Å². The predicted molar refractivity (Wildman–Crippen MR) is 58.6 cm³/mol. The van der Waals surface area contributed by atoms with E-state index in [1.807, 2.05) is 0 Å². The fourth-order valence-corrected chi connectivity index (χ4v) is 1.29. The van der Waals surface area contributed by atoms with E-state index >= 15 is 0 Å². The fourth-order valence-electron chi connectivity index (χ4n) is 1.29. The molecular weight excluding hydrogens is 210 g/mol. The van der Waals surface area contributed by atoms with Gasteiger partial charge in [0.1, 0.15) is 0 Å². The largest absolute Gasteiger partial charge is 0.478 e. The lowest BCUT2D eigenvalue weighted by Gasteiger charge is -2.01. The maximum absolute atomic E-state index is 11.0. The number of unbranched alkanes of at least 4 members (excludes halogenated alkanes) is 1. The Morgan fingerprint density at radius 2 is 2.19 bits per heavy atom. The van der Waals surface area contributed by atoms with Crippen molar-refractivity contribution in [3.05, 3.63) is 12.7 Å². The highest BCUT2D eigenvalue weighted by molar-refractivity contribution is 6.03. The second-order valence-electron chi connectivity index (χ2n) is 3.50. The molecule has 1 heterocycles. The Bertz CT molecular complexity index is 286. The Morgan fingerprint density at radius 3 is 2.50 bits per heavy atom. The number of carboxylic acid groups (broad SMARTS) is 1. The molecule has 1 fully saturated rings. The number of hydrogen-bond donors (Lipinski definition) is 2. The van der Waals surface area contributed by atoms with Crippen molar-refractivity contribution in [1.29, 1.82) is 0 Å². The van der Waals surface area contributed by atoms with Crippen LogP contribution in [0.1, 0.15) is 32.6 Å². The first-order valence-corrected chi connectivity index (χ1v) is 5.20. The van der Waals surface area contributed by atoms with Crippen molar-refractivity contribution < 1.29 is 19.5 Å². The van der Waals surface area contributed by atoms with Crippen LogP contribution >= 0.6 is 0 Å². The lowest BCUT2D eigenvalue weighted by molar-refractivity contribution is -0.131. The molecule has 1 rings (SSSR count). The van der Waals surface area contributed by atoms with E-state index in [2.05, 4.69) is 18.8 Å². The highest BCUT2D eigenvalue weighted by atomic mass is 16.4. The number of aliphatic carboxylic acids is 1. The van der Waals surface area contributed by atoms with Gasteiger partial charge in [-0.05, 0) is 6.42 Å². The van der Waals surface area contributed by atoms with Crippen molar-refractivity contribution in [2.45, 2.75) is 32.6 Å². The topological polar surface area (TPSA) is 83.5 Å². The van der Waals surface area contributed by atoms with Crippen LogP contribution in [-0.2, 0) is 14.4 Å². The van der Waals surface area contributed by atoms with Crippen LogP contribution < -0.4 is 5.32 Å². The Hall–Kier alpha value is -1.65. The Balaban J connectivity index is 0.000000385. The molecule has 2 amide bonds. The smallest absolute Gasteiger partial charge is 0.327 e. The third-order valence-corrected chi connectivity index (χ3v) is 2.15. The molecule has 1 unspecified atom stereocenters. The summed E-state index contributed by atoms with van der Waals surface area (Å²) < 4.78 is 0. The molecular formula is C11H17NO4. The van der Waals surface area contributed by atoms with Gasteiger partial charge in [0, 0.05) is 18.4 Å². The second-order valence-corrected chi connectivity index (χ2v) is 3.50. The quantitative estimate of drug-likeness (QED) is 0.556. The molecule has 2 N–H and O–H groups in total. The molecule has 0 aromatic heterocycles. The molecule has 0 radical (unpaired) electrons. The van der Waals surface area contributed by atoms with Crippen LogP contribution in [0.25, 0.3) is 0 Å². The Labute approximate surface area is 94.5 Å². The number of hydrogen-bond acceptors (Lipinski definition) is 3. The number of imide groups is 1. The average Bonchev–Trinajstić information content (AvgIpc) is 2.55. The maximum Gasteiger partial charge on any atom is 0.327 e. The summed E-state index contributed by atoms with van der Waals surface area (Å²) in [5, 5.41) is 9.90. The van der Waals surface area contributed by atoms with E-state index < -0.39 is 5.97 Å². The molecule has 0 aromatic rings. The molecule has 16 heavy (non-hydrogen) atoms. The van der Waals surface area contributed by atoms with Crippen molar-refractivity contribution in [3.8, 4) is 0 Å². The molecule has 1 saturated heterocycles. The van der Waals surface area contributed by atoms with Gasteiger partial charge >= 0.3 is 5.97 Å². The third kappa shape index (κ3) is 5.95. The monoisotopic (exact) mass is 227 g/mol. The van der Waals surface area contributed by atoms with E-state index in [-0.39, 0.29) is 17.7 Å². The van der Waals surface area contributed by atoms with Crippen molar-refractivity contribution in [1.82, 2.24) is 5.32 Å². The average molecular weight is 227 g/mol. The zero-order valence-corrected chi connectivity index (χ0v) is 9.36. The van der Waals surface area contributed by atoms with E-state index in [1.165, 1.54) is 0 Å². The minimum Gasteiger partial charge on any atom is -0.478 e. The van der Waals surface area contributed by atoms with E-state index in [4.69, 9.17) is 5.11 Å². The number of carboxylic acids is 1. The first-order chi connectivity index (χ1) is 7.51. The SMILES string of the molecule is C=CC(=O)O.CCCCC1CC(=O)NC1=O. The molecule has 90 valence electrons. The summed E-state index contributed by atoms with van der Waals surface area (Å²) in [7, 11) is 0. The summed E-state index contributed by atoms with van der Waals surface area (Å²) in [5.74, 6) is -1.22. The van der Waals surface area contributed by atoms with Gasteiger partial charge in [-0.1, -0.05) is 26.3 Å². The van der Waals surface area contributed by atoms with Crippen molar-refractivity contribution in [3.63, 3.8) is 0 Å². The Morgan fingerprint density at radius 1 is 1.62 bits per heavy atom. The number of carbonyl (C=O) groups is 3. The predicted octanol–water partition coefficient (Wildman–Crippen LogP) is 1.10. The number of rotatable bonds is 4. The van der Waals surface area contributed by atoms with Crippen LogP contribution in [0.15, 0.2) is 12.7 Å². The molecule has 1 aliphatic heterocycles. The van der Waals surface area contributed by atoms with Gasteiger partial charge in [-0.2, -0.15) is 0 Å². The molecule has 0 aliphatic carbocycles. The number of carbonyl (C=O) groups excluding carboxylic acids is 2. The van der Waals surface area contributed by atoms with Crippen molar-refractivity contribution >= 4 is 17.8 Å². The first-order valence-electron chi connectivity index (χ1n) is 5.20. The van der Waals surface area contributed by atoms with Crippen LogP contribution in [0.3, 0.4) is 0 Å². The van der Waals surface area contributed by atoms with E-state index in [1.54, 1.807) is 0 Å². The lowest BCUT2D eigenvalue weighted by atomic mass is 10.0. The second kappa shape index (κ2) is 7.62. The highest BCUT2D eigenvalue weighted by Gasteiger charge is 2.29. The van der Waals surface area contributed by atoms with Crippen LogP contribution in [-0.4, -0.2) is 22.9 Å². The summed E-state index contributed by atoms with van der Waals surface area (Å²) in [6.07, 6.45) is 4.20. The van der Waals surface area contributed by atoms with Gasteiger partial charge in [0.2, 0.25) is 11.8 Å². The van der Waals surface area contributed by atoms with Crippen molar-refractivity contribution in [2.24, 2.45) is 5.92 Å². The van der Waals surface area contributed by atoms with Crippen LogP contribution in [0.4, 0.5) is 0 Å². The minimum atomic E-state index is -0.981. The zero-order valence-electron chi connectivity index (χ0n) is 9.36. The van der Waals surface area contributed by atoms with Gasteiger partial charge < -0.3 is 5.11 Å². The molecule has 0 aromatic carbocycles. The normalized spacial score (nSPS) is 18.4. The summed E-state index contributed by atoms with van der Waals surface area (Å²) in [4.78, 5) is 30.9. The van der Waals surface area contributed by atoms with Crippen LogP contribution in [0.2, 0.25) is 0 Å². The third-order valence-electron chi connectivity index (χ3n) is 2.15. The molecule has 0 bridgehead atoms. The molecule has 1 aliphatic rings. The lowest BCUT2D eigenvalue weighted by Crippen LogP contribution is -2.21. The summed E-state index contributed by atoms with van der Waals surface area (Å²) >= 11 is 0. The maximum atomic E-state index is 11.0.